The number of hydrogen-bond donors (Lipinski definition) is 2. The van der Waals surface area contributed by atoms with Crippen LogP contribution in [0.3, 0.4) is 0 Å². The summed E-state index contributed by atoms with van der Waals surface area (Å²) in [7, 11) is 1.51. The average Bonchev–Trinajstić information content (AvgIpc) is 3.24. The molecule has 0 aliphatic carbocycles. The first-order valence-corrected chi connectivity index (χ1v) is 9.61. The van der Waals surface area contributed by atoms with Gasteiger partial charge in [0.25, 0.3) is 0 Å². The third-order valence-electron chi connectivity index (χ3n) is 4.07. The van der Waals surface area contributed by atoms with Crippen LogP contribution in [0, 0.1) is 11.8 Å². The lowest BCUT2D eigenvalue weighted by molar-refractivity contribution is -0.140. The van der Waals surface area contributed by atoms with Crippen LogP contribution >= 0.6 is 11.6 Å². The summed E-state index contributed by atoms with van der Waals surface area (Å²) in [5.74, 6) is 4.77. The predicted octanol–water partition coefficient (Wildman–Crippen LogP) is 4.76. The molecule has 0 aliphatic rings. The average molecular weight is 464 g/mol. The number of H-pyrrole nitrogens is 1. The van der Waals surface area contributed by atoms with E-state index in [9.17, 15) is 18.0 Å². The highest BCUT2D eigenvalue weighted by Gasteiger charge is 2.33. The van der Waals surface area contributed by atoms with E-state index < -0.39 is 17.8 Å². The Morgan fingerprint density at radius 2 is 2.03 bits per heavy atom. The standard InChI is InChI=1S/C22H17ClF3N3O3/c1-31-9-10-32-18-7-6-15(21-27-13-19(29-21)22(24,25)26)12-17(18)28-20(30)8-5-14-3-2-4-16(23)11-14/h2-4,6-7,11-13H,9-10H2,1H3,(H,27,29)(H,28,30). The molecule has 3 rings (SSSR count). The number of carbonyl (C=O) groups excluding carboxylic acids is 1. The fourth-order valence-electron chi connectivity index (χ4n) is 2.60. The molecule has 3 aromatic rings. The number of hydrogen-bond acceptors (Lipinski definition) is 4. The van der Waals surface area contributed by atoms with Gasteiger partial charge in [0.15, 0.2) is 0 Å². The summed E-state index contributed by atoms with van der Waals surface area (Å²) in [4.78, 5) is 18.4. The van der Waals surface area contributed by atoms with Crippen molar-refractivity contribution < 1.29 is 27.4 Å². The number of carbonyl (C=O) groups is 1. The smallest absolute Gasteiger partial charge is 0.432 e. The van der Waals surface area contributed by atoms with Crippen molar-refractivity contribution in [1.82, 2.24) is 9.97 Å². The van der Waals surface area contributed by atoms with E-state index in [2.05, 4.69) is 27.1 Å². The molecule has 0 radical (unpaired) electrons. The van der Waals surface area contributed by atoms with Gasteiger partial charge in [-0.3, -0.25) is 4.79 Å². The number of imidazole rings is 1. The van der Waals surface area contributed by atoms with E-state index in [0.717, 1.165) is 0 Å². The fourth-order valence-corrected chi connectivity index (χ4v) is 2.79. The van der Waals surface area contributed by atoms with Gasteiger partial charge in [-0.15, -0.1) is 0 Å². The highest BCUT2D eigenvalue weighted by molar-refractivity contribution is 6.30. The first kappa shape index (κ1) is 23.2. The predicted molar refractivity (Wildman–Crippen MR) is 113 cm³/mol. The third-order valence-corrected chi connectivity index (χ3v) is 4.31. The molecule has 2 aromatic carbocycles. The second kappa shape index (κ2) is 10.2. The number of anilines is 1. The molecule has 0 saturated carbocycles. The summed E-state index contributed by atoms with van der Waals surface area (Å²) >= 11 is 5.90. The number of amides is 1. The molecule has 0 aliphatic heterocycles. The van der Waals surface area contributed by atoms with Crippen LogP contribution in [0.25, 0.3) is 11.4 Å². The van der Waals surface area contributed by atoms with Crippen LogP contribution in [0.4, 0.5) is 18.9 Å². The Balaban J connectivity index is 1.86. The molecule has 2 N–H and O–H groups in total. The molecule has 0 bridgehead atoms. The quantitative estimate of drug-likeness (QED) is 0.408. The molecule has 166 valence electrons. The minimum Gasteiger partial charge on any atom is -0.489 e. The van der Waals surface area contributed by atoms with E-state index >= 15 is 0 Å². The van der Waals surface area contributed by atoms with Crippen molar-refractivity contribution in [3.63, 3.8) is 0 Å². The van der Waals surface area contributed by atoms with Crippen LogP contribution in [0.2, 0.25) is 5.02 Å². The summed E-state index contributed by atoms with van der Waals surface area (Å²) in [5, 5.41) is 3.08. The number of nitrogens with zero attached hydrogens (tertiary/aromatic N) is 1. The van der Waals surface area contributed by atoms with Gasteiger partial charge in [0.1, 0.15) is 23.9 Å². The van der Waals surface area contributed by atoms with Crippen molar-refractivity contribution in [3.05, 3.63) is 64.9 Å². The Labute approximate surface area is 186 Å². The fraction of sp³-hybridized carbons (Fsp3) is 0.182. The lowest BCUT2D eigenvalue weighted by Crippen LogP contribution is -2.12. The zero-order chi connectivity index (χ0) is 23.1. The second-order valence-corrected chi connectivity index (χ2v) is 6.85. The van der Waals surface area contributed by atoms with Gasteiger partial charge < -0.3 is 19.8 Å². The van der Waals surface area contributed by atoms with Crippen molar-refractivity contribution in [3.8, 4) is 29.0 Å². The monoisotopic (exact) mass is 463 g/mol. The highest BCUT2D eigenvalue weighted by Crippen LogP contribution is 2.32. The Bertz CT molecular complexity index is 1170. The van der Waals surface area contributed by atoms with Crippen molar-refractivity contribution in [1.29, 1.82) is 0 Å². The maximum absolute atomic E-state index is 12.9. The van der Waals surface area contributed by atoms with Gasteiger partial charge in [0, 0.05) is 29.2 Å². The molecule has 0 unspecified atom stereocenters. The SMILES string of the molecule is COCCOc1ccc(-c2ncc(C(F)(F)F)[nH]2)cc1NC(=O)C#Cc1cccc(Cl)c1. The third kappa shape index (κ3) is 6.26. The number of ether oxygens (including phenoxy) is 2. The van der Waals surface area contributed by atoms with E-state index in [0.29, 0.717) is 34.7 Å². The largest absolute Gasteiger partial charge is 0.489 e. The van der Waals surface area contributed by atoms with Crippen LogP contribution in [-0.4, -0.2) is 36.2 Å². The van der Waals surface area contributed by atoms with Crippen molar-refractivity contribution in [2.24, 2.45) is 0 Å². The molecule has 10 heteroatoms. The Kier molecular flexibility index (Phi) is 7.41. The molecule has 0 fully saturated rings. The molecule has 1 amide bonds. The van der Waals surface area contributed by atoms with E-state index in [1.165, 1.54) is 25.3 Å². The first-order chi connectivity index (χ1) is 15.3. The zero-order valence-electron chi connectivity index (χ0n) is 16.7. The van der Waals surface area contributed by atoms with Gasteiger partial charge in [-0.2, -0.15) is 13.2 Å². The normalized spacial score (nSPS) is 10.9. The van der Waals surface area contributed by atoms with Gasteiger partial charge in [0.2, 0.25) is 0 Å². The molecule has 0 spiro atoms. The number of nitrogens with one attached hydrogen (secondary N) is 2. The number of rotatable bonds is 6. The van der Waals surface area contributed by atoms with E-state index in [1.54, 1.807) is 24.3 Å². The molecule has 0 saturated heterocycles. The Morgan fingerprint density at radius 3 is 2.72 bits per heavy atom. The van der Waals surface area contributed by atoms with Crippen molar-refractivity contribution in [2.75, 3.05) is 25.6 Å². The lowest BCUT2D eigenvalue weighted by atomic mass is 10.1. The summed E-state index contributed by atoms with van der Waals surface area (Å²) in [6.45, 7) is 0.503. The summed E-state index contributed by atoms with van der Waals surface area (Å²) in [6.07, 6.45) is -3.85. The maximum atomic E-state index is 12.9. The van der Waals surface area contributed by atoms with Gasteiger partial charge >= 0.3 is 12.1 Å². The van der Waals surface area contributed by atoms with E-state index in [4.69, 9.17) is 21.1 Å². The number of aromatic nitrogens is 2. The minimum absolute atomic E-state index is 0.0127. The molecular weight excluding hydrogens is 447 g/mol. The van der Waals surface area contributed by atoms with E-state index in [1.807, 2.05) is 0 Å². The maximum Gasteiger partial charge on any atom is 0.432 e. The first-order valence-electron chi connectivity index (χ1n) is 9.23. The van der Waals surface area contributed by atoms with Crippen LogP contribution in [0.1, 0.15) is 11.3 Å². The number of alkyl halides is 3. The van der Waals surface area contributed by atoms with Crippen LogP contribution < -0.4 is 10.1 Å². The Morgan fingerprint density at radius 1 is 1.22 bits per heavy atom. The molecular formula is C22H17ClF3N3O3. The van der Waals surface area contributed by atoms with Gasteiger partial charge in [0.05, 0.1) is 18.5 Å². The van der Waals surface area contributed by atoms with Crippen molar-refractivity contribution in [2.45, 2.75) is 6.18 Å². The van der Waals surface area contributed by atoms with E-state index in [-0.39, 0.29) is 18.1 Å². The summed E-state index contributed by atoms with van der Waals surface area (Å²) in [5.41, 5.74) is 0.103. The molecule has 1 aromatic heterocycles. The lowest BCUT2D eigenvalue weighted by Gasteiger charge is -2.12. The molecule has 1 heterocycles. The number of aromatic amines is 1. The zero-order valence-corrected chi connectivity index (χ0v) is 17.5. The summed E-state index contributed by atoms with van der Waals surface area (Å²) in [6, 6.07) is 11.2. The van der Waals surface area contributed by atoms with Crippen LogP contribution in [0.15, 0.2) is 48.7 Å². The van der Waals surface area contributed by atoms with Crippen LogP contribution in [0.5, 0.6) is 5.75 Å². The van der Waals surface area contributed by atoms with Crippen LogP contribution in [-0.2, 0) is 15.7 Å². The van der Waals surface area contributed by atoms with Crippen molar-refractivity contribution >= 4 is 23.2 Å². The van der Waals surface area contributed by atoms with Gasteiger partial charge in [-0.1, -0.05) is 23.6 Å². The van der Waals surface area contributed by atoms with Gasteiger partial charge in [-0.25, -0.2) is 4.98 Å². The minimum atomic E-state index is -4.55. The Hall–Kier alpha value is -3.48. The number of halogens is 4. The number of methoxy groups -OCH3 is 1. The molecule has 0 atom stereocenters. The topological polar surface area (TPSA) is 76.2 Å². The number of benzene rings is 2. The molecule has 6 nitrogen and oxygen atoms in total. The summed E-state index contributed by atoms with van der Waals surface area (Å²) < 4.78 is 49.1. The molecule has 32 heavy (non-hydrogen) atoms. The van der Waals surface area contributed by atoms with Gasteiger partial charge in [-0.05, 0) is 36.4 Å². The second-order valence-electron chi connectivity index (χ2n) is 6.41. The highest BCUT2D eigenvalue weighted by atomic mass is 35.5.